The first kappa shape index (κ1) is 38.3. The number of nitrogens with one attached hydrogen (secondary N) is 4. The van der Waals surface area contributed by atoms with Gasteiger partial charge in [-0.25, -0.2) is 9.59 Å². The fourth-order valence-corrected chi connectivity index (χ4v) is 3.12. The van der Waals surface area contributed by atoms with Gasteiger partial charge in [0.05, 0.1) is 0 Å². The highest BCUT2D eigenvalue weighted by atomic mass is 32.1. The number of carbonyl (C=O) groups excluding carboxylic acids is 4. The zero-order chi connectivity index (χ0) is 32.7. The first-order valence-electron chi connectivity index (χ1n) is 11.6. The number of nitrogens with two attached hydrogens (primary N) is 2. The van der Waals surface area contributed by atoms with Gasteiger partial charge in [0.25, 0.3) is 0 Å². The van der Waals surface area contributed by atoms with Crippen LogP contribution in [0.2, 0.25) is 0 Å². The number of amides is 4. The lowest BCUT2D eigenvalue weighted by Gasteiger charge is -2.29. The van der Waals surface area contributed by atoms with Crippen LogP contribution in [0.3, 0.4) is 0 Å². The maximum Gasteiger partial charge on any atom is 0.354 e. The summed E-state index contributed by atoms with van der Waals surface area (Å²) in [6.07, 6.45) is -3.14. The maximum absolute atomic E-state index is 12.2. The van der Waals surface area contributed by atoms with Crippen LogP contribution >= 0.6 is 25.3 Å². The summed E-state index contributed by atoms with van der Waals surface area (Å²) >= 11 is 7.74. The normalized spacial score (nSPS) is 15.0. The van der Waals surface area contributed by atoms with Crippen molar-refractivity contribution in [3.05, 3.63) is 0 Å². The molecule has 4 atom stereocenters. The fourth-order valence-electron chi connectivity index (χ4n) is 2.61. The Hall–Kier alpha value is -3.70. The van der Waals surface area contributed by atoms with Crippen LogP contribution in [0.15, 0.2) is 0 Å². The average molecular weight is 645 g/mol. The molecule has 0 aromatic heterocycles. The minimum absolute atomic E-state index is 0.257. The molecule has 4 unspecified atom stereocenters. The third kappa shape index (κ3) is 13.8. The van der Waals surface area contributed by atoms with Crippen molar-refractivity contribution in [3.8, 4) is 0 Å². The van der Waals surface area contributed by atoms with E-state index >= 15 is 0 Å². The first-order valence-corrected chi connectivity index (χ1v) is 12.9. The molecule has 0 saturated carbocycles. The van der Waals surface area contributed by atoms with Crippen LogP contribution in [0.5, 0.6) is 0 Å². The number of rotatable bonds is 21. The Kier molecular flexibility index (Phi) is 16.4. The quantitative estimate of drug-likeness (QED) is 0.0241. The summed E-state index contributed by atoms with van der Waals surface area (Å²) in [4.78, 5) is 102. The molecule has 0 rings (SSSR count). The van der Waals surface area contributed by atoms with Crippen LogP contribution in [0, 0.1) is 0 Å². The van der Waals surface area contributed by atoms with E-state index < -0.39 is 110 Å². The molecule has 0 aliphatic rings. The Balaban J connectivity index is 5.22. The molecule has 4 amide bonds. The Morgan fingerprint density at radius 1 is 0.643 bits per heavy atom. The lowest BCUT2D eigenvalue weighted by Crippen LogP contribution is -2.58. The molecule has 0 spiro atoms. The van der Waals surface area contributed by atoms with Crippen molar-refractivity contribution in [1.82, 2.24) is 21.3 Å². The number of carboxylic acid groups (broad SMARTS) is 4. The van der Waals surface area contributed by atoms with Gasteiger partial charge in [-0.15, -0.1) is 0 Å². The summed E-state index contributed by atoms with van der Waals surface area (Å²) in [6.45, 7) is -1.47. The second-order valence-electron chi connectivity index (χ2n) is 8.38. The van der Waals surface area contributed by atoms with E-state index in [1.165, 1.54) is 0 Å². The van der Waals surface area contributed by atoms with Crippen LogP contribution in [0.4, 0.5) is 0 Å². The molecule has 0 bridgehead atoms. The number of carboxylic acids is 4. The lowest BCUT2D eigenvalue weighted by atomic mass is 10.1. The molecule has 0 aromatic carbocycles. The zero-order valence-corrected chi connectivity index (χ0v) is 23.5. The van der Waals surface area contributed by atoms with Crippen molar-refractivity contribution < 1.29 is 68.6 Å². The van der Waals surface area contributed by atoms with Gasteiger partial charge in [-0.3, -0.25) is 40.2 Å². The number of hydrogen-bond acceptors (Lipinski definition) is 14. The van der Waals surface area contributed by atoms with Crippen molar-refractivity contribution in [2.75, 3.05) is 24.6 Å². The number of thiol groups is 2. The molecular weight excluding hydrogens is 612 g/mol. The van der Waals surface area contributed by atoms with Gasteiger partial charge in [0.1, 0.15) is 25.2 Å². The van der Waals surface area contributed by atoms with E-state index in [0.29, 0.717) is 0 Å². The molecule has 20 nitrogen and oxygen atoms in total. The topological polar surface area (TPSA) is 336 Å². The van der Waals surface area contributed by atoms with Crippen LogP contribution in [-0.2, 0) is 48.1 Å². The molecule has 0 radical (unpaired) electrons. The highest BCUT2D eigenvalue weighted by Crippen LogP contribution is 2.20. The van der Waals surface area contributed by atoms with Crippen molar-refractivity contribution >= 4 is 72.8 Å². The van der Waals surface area contributed by atoms with Gasteiger partial charge in [0.2, 0.25) is 35.1 Å². The fraction of sp³-hybridized carbons (Fsp3) is 0.600. The number of carbonyl (C=O) groups is 8. The van der Waals surface area contributed by atoms with Crippen molar-refractivity contribution in [2.45, 2.75) is 49.2 Å². The first-order chi connectivity index (χ1) is 19.4. The average Bonchev–Trinajstić information content (AvgIpc) is 2.92. The highest BCUT2D eigenvalue weighted by Gasteiger charge is 2.44. The van der Waals surface area contributed by atoms with Gasteiger partial charge in [-0.1, -0.05) is 0 Å². The number of hydrogen-bond donors (Lipinski definition) is 12. The van der Waals surface area contributed by atoms with E-state index in [0.717, 1.165) is 0 Å². The predicted octanol–water partition coefficient (Wildman–Crippen LogP) is -4.79. The molecule has 0 saturated heterocycles. The van der Waals surface area contributed by atoms with Crippen molar-refractivity contribution in [2.24, 2.45) is 11.5 Å². The Bertz CT molecular complexity index is 969. The zero-order valence-electron chi connectivity index (χ0n) is 21.7. The third-order valence-electron chi connectivity index (χ3n) is 5.01. The van der Waals surface area contributed by atoms with Crippen LogP contribution in [-0.4, -0.2) is 116 Å². The Labute approximate surface area is 247 Å². The molecule has 22 heteroatoms. The summed E-state index contributed by atoms with van der Waals surface area (Å²) in [5, 5.41) is 44.5. The molecule has 0 aliphatic heterocycles. The third-order valence-corrected chi connectivity index (χ3v) is 5.74. The van der Waals surface area contributed by atoms with Gasteiger partial charge in [0.15, 0.2) is 0 Å². The Morgan fingerprint density at radius 3 is 1.19 bits per heavy atom. The number of aliphatic carboxylic acids is 4. The second kappa shape index (κ2) is 18.0. The lowest BCUT2D eigenvalue weighted by molar-refractivity contribution is -0.400. The van der Waals surface area contributed by atoms with Gasteiger partial charge in [-0.2, -0.15) is 35.0 Å². The molecule has 42 heavy (non-hydrogen) atoms. The summed E-state index contributed by atoms with van der Waals surface area (Å²) in [5.41, 5.74) is 5.51. The molecule has 12 N–H and O–H groups in total. The largest absolute Gasteiger partial charge is 0.480 e. The summed E-state index contributed by atoms with van der Waals surface area (Å²) in [6, 6.07) is -2.59. The minimum atomic E-state index is -2.86. The van der Waals surface area contributed by atoms with E-state index in [1.54, 1.807) is 0 Å². The summed E-state index contributed by atoms with van der Waals surface area (Å²) in [5.74, 6) is -10.7. The maximum atomic E-state index is 12.2. The van der Waals surface area contributed by atoms with Gasteiger partial charge in [-0.05, 0) is 0 Å². The van der Waals surface area contributed by atoms with Gasteiger partial charge in [0, 0.05) is 37.2 Å². The van der Waals surface area contributed by atoms with Crippen LogP contribution in [0.1, 0.15) is 25.7 Å². The van der Waals surface area contributed by atoms with Crippen molar-refractivity contribution in [1.29, 1.82) is 0 Å². The van der Waals surface area contributed by atoms with Gasteiger partial charge >= 0.3 is 23.9 Å². The summed E-state index contributed by atoms with van der Waals surface area (Å²) in [7, 11) is 0. The smallest absolute Gasteiger partial charge is 0.354 e. The molecule has 0 fully saturated rings. The predicted molar refractivity (Wildman–Crippen MR) is 143 cm³/mol. The molecule has 0 aliphatic carbocycles. The van der Waals surface area contributed by atoms with Gasteiger partial charge < -0.3 is 41.7 Å². The molecule has 0 heterocycles. The molecular formula is C20H32N6O14S2. The van der Waals surface area contributed by atoms with E-state index in [-0.39, 0.29) is 11.5 Å². The Morgan fingerprint density at radius 2 is 0.952 bits per heavy atom. The van der Waals surface area contributed by atoms with E-state index in [4.69, 9.17) is 21.7 Å². The summed E-state index contributed by atoms with van der Waals surface area (Å²) < 4.78 is 0. The minimum Gasteiger partial charge on any atom is -0.480 e. The molecule has 0 aromatic rings. The second-order valence-corrected chi connectivity index (χ2v) is 9.11. The SMILES string of the molecule is NC(CCC(=O)NC(CS)C(=O)NCC(=O)O)(OOC(N)(CCC(=O)NC(CS)C(=O)NCC(=O)O)C(=O)O)C(=O)O. The van der Waals surface area contributed by atoms with E-state index in [2.05, 4.69) is 45.7 Å². The molecule has 238 valence electrons. The standard InChI is InChI=1S/C20H32N6O14S2/c21-19(17(35)36,3-1-11(27)25-9(7-41)15(33)23-5-13(29)30)39-40-20(22,18(37)38)4-2-12(28)26-10(8-42)16(34)24-6-14(31)32/h9-10,41-42H,1-8,21-22H2,(H,23,33)(H,24,34)(H,25,27)(H,26,28)(H,29,30)(H,31,32)(H,35,36)(H,37,38). The van der Waals surface area contributed by atoms with Crippen LogP contribution < -0.4 is 32.7 Å². The van der Waals surface area contributed by atoms with Crippen LogP contribution in [0.25, 0.3) is 0 Å². The van der Waals surface area contributed by atoms with E-state index in [9.17, 15) is 48.6 Å². The van der Waals surface area contributed by atoms with E-state index in [1.807, 2.05) is 10.6 Å². The highest BCUT2D eigenvalue weighted by molar-refractivity contribution is 7.80. The monoisotopic (exact) mass is 644 g/mol. The van der Waals surface area contributed by atoms with Crippen molar-refractivity contribution in [3.63, 3.8) is 0 Å².